The minimum atomic E-state index is 0.536. The van der Waals surface area contributed by atoms with Crippen molar-refractivity contribution in [3.05, 3.63) is 34.9 Å². The molecule has 1 aliphatic carbocycles. The van der Waals surface area contributed by atoms with Gasteiger partial charge >= 0.3 is 0 Å². The maximum Gasteiger partial charge on any atom is 0.0351 e. The number of rotatable bonds is 5. The molecule has 1 nitrogen and oxygen atoms in total. The molecule has 0 saturated heterocycles. The van der Waals surface area contributed by atoms with E-state index >= 15 is 0 Å². The van der Waals surface area contributed by atoms with Gasteiger partial charge in [-0.15, -0.1) is 0 Å². The molecule has 106 valence electrons. The number of hydrogen-bond donors (Lipinski definition) is 1. The van der Waals surface area contributed by atoms with Gasteiger partial charge in [-0.05, 0) is 53.8 Å². The van der Waals surface area contributed by atoms with Crippen LogP contribution < -0.4 is 5.32 Å². The van der Waals surface area contributed by atoms with E-state index < -0.39 is 0 Å². The molecule has 1 N–H and O–H groups in total. The Labute approximate surface area is 118 Å². The topological polar surface area (TPSA) is 12.0 Å². The Morgan fingerprint density at radius 1 is 1.05 bits per heavy atom. The Bertz CT molecular complexity index is 433. The van der Waals surface area contributed by atoms with Crippen LogP contribution in [0.5, 0.6) is 0 Å². The molecule has 19 heavy (non-hydrogen) atoms. The van der Waals surface area contributed by atoms with Gasteiger partial charge in [-0.3, -0.25) is 0 Å². The lowest BCUT2D eigenvalue weighted by molar-refractivity contribution is 0.498. The summed E-state index contributed by atoms with van der Waals surface area (Å²) in [5.41, 5.74) is 4.52. The summed E-state index contributed by atoms with van der Waals surface area (Å²) in [5, 5.41) is 3.55. The van der Waals surface area contributed by atoms with Crippen LogP contribution in [0.15, 0.2) is 18.2 Å². The number of benzene rings is 1. The third-order valence-corrected chi connectivity index (χ3v) is 4.65. The quantitative estimate of drug-likeness (QED) is 0.797. The summed E-state index contributed by atoms with van der Waals surface area (Å²) in [4.78, 5) is 0. The van der Waals surface area contributed by atoms with Crippen LogP contribution in [0.4, 0.5) is 0 Å². The van der Waals surface area contributed by atoms with E-state index in [9.17, 15) is 0 Å². The molecule has 0 aliphatic heterocycles. The van der Waals surface area contributed by atoms with Gasteiger partial charge in [-0.2, -0.15) is 0 Å². The highest BCUT2D eigenvalue weighted by Gasteiger charge is 2.40. The monoisotopic (exact) mass is 259 g/mol. The predicted molar refractivity (Wildman–Crippen MR) is 83.7 cm³/mol. The van der Waals surface area contributed by atoms with Gasteiger partial charge < -0.3 is 5.32 Å². The molecule has 1 heteroatoms. The van der Waals surface area contributed by atoms with Gasteiger partial charge in [0.15, 0.2) is 0 Å². The van der Waals surface area contributed by atoms with Gasteiger partial charge in [-0.25, -0.2) is 0 Å². The van der Waals surface area contributed by atoms with Crippen LogP contribution in [0.1, 0.15) is 75.6 Å². The lowest BCUT2D eigenvalue weighted by Crippen LogP contribution is -2.21. The molecule has 0 amide bonds. The summed E-state index contributed by atoms with van der Waals surface area (Å²) in [6, 6.07) is 7.66. The Kier molecular flexibility index (Phi) is 4.35. The second kappa shape index (κ2) is 5.66. The first-order chi connectivity index (χ1) is 8.95. The van der Waals surface area contributed by atoms with E-state index in [1.165, 1.54) is 23.1 Å². The minimum Gasteiger partial charge on any atom is -0.313 e. The van der Waals surface area contributed by atoms with Crippen LogP contribution in [0.3, 0.4) is 0 Å². The average Bonchev–Trinajstić information content (AvgIpc) is 3.07. The minimum absolute atomic E-state index is 0.536. The molecule has 1 aromatic rings. The summed E-state index contributed by atoms with van der Waals surface area (Å²) < 4.78 is 0. The summed E-state index contributed by atoms with van der Waals surface area (Å²) >= 11 is 0. The molecular formula is C18H29N. The van der Waals surface area contributed by atoms with Gasteiger partial charge in [0.1, 0.15) is 0 Å². The first-order valence-electron chi connectivity index (χ1n) is 7.76. The van der Waals surface area contributed by atoms with Crippen molar-refractivity contribution in [3.8, 4) is 0 Å². The second-order valence-corrected chi connectivity index (χ2v) is 6.84. The van der Waals surface area contributed by atoms with Crippen molar-refractivity contribution in [2.45, 2.75) is 58.9 Å². The highest BCUT2D eigenvalue weighted by Crippen LogP contribution is 2.48. The predicted octanol–water partition coefficient (Wildman–Crippen LogP) is 4.85. The Morgan fingerprint density at radius 3 is 2.11 bits per heavy atom. The molecule has 0 radical (unpaired) electrons. The van der Waals surface area contributed by atoms with Crippen LogP contribution in [0, 0.1) is 11.8 Å². The molecule has 3 atom stereocenters. The smallest absolute Gasteiger partial charge is 0.0351 e. The average molecular weight is 259 g/mol. The van der Waals surface area contributed by atoms with Gasteiger partial charge in [0, 0.05) is 6.04 Å². The lowest BCUT2D eigenvalue weighted by atomic mass is 9.87. The van der Waals surface area contributed by atoms with E-state index in [-0.39, 0.29) is 0 Å². The molecular weight excluding hydrogens is 230 g/mol. The zero-order valence-electron chi connectivity index (χ0n) is 13.3. The highest BCUT2D eigenvalue weighted by atomic mass is 14.9. The van der Waals surface area contributed by atoms with Gasteiger partial charge in [0.25, 0.3) is 0 Å². The molecule has 0 heterocycles. The first-order valence-corrected chi connectivity index (χ1v) is 7.76. The zero-order valence-corrected chi connectivity index (χ0v) is 13.3. The molecule has 1 aromatic carbocycles. The fourth-order valence-electron chi connectivity index (χ4n) is 3.15. The molecule has 2 rings (SSSR count). The molecule has 1 aliphatic rings. The molecule has 1 fully saturated rings. The Balaban J connectivity index is 2.38. The van der Waals surface area contributed by atoms with E-state index in [4.69, 9.17) is 0 Å². The Morgan fingerprint density at radius 2 is 1.68 bits per heavy atom. The SMILES string of the molecule is CNC(c1ccc(C(C)C)cc1C(C)C)C1CC1C. The summed E-state index contributed by atoms with van der Waals surface area (Å²) in [7, 11) is 2.11. The molecule has 0 spiro atoms. The fourth-order valence-corrected chi connectivity index (χ4v) is 3.15. The van der Waals surface area contributed by atoms with Gasteiger partial charge in [0.05, 0.1) is 0 Å². The maximum absolute atomic E-state index is 3.55. The number of nitrogens with one attached hydrogen (secondary N) is 1. The standard InChI is InChI=1S/C18H29N/c1-11(2)14-7-8-15(16(10-14)12(3)4)18(19-6)17-9-13(17)5/h7-8,10-13,17-19H,9H2,1-6H3. The van der Waals surface area contributed by atoms with Gasteiger partial charge in [-0.1, -0.05) is 52.8 Å². The third-order valence-electron chi connectivity index (χ3n) is 4.65. The lowest BCUT2D eigenvalue weighted by Gasteiger charge is -2.23. The van der Waals surface area contributed by atoms with Crippen LogP contribution in [-0.2, 0) is 0 Å². The van der Waals surface area contributed by atoms with E-state index in [0.29, 0.717) is 17.9 Å². The second-order valence-electron chi connectivity index (χ2n) is 6.84. The van der Waals surface area contributed by atoms with Crippen molar-refractivity contribution in [1.29, 1.82) is 0 Å². The van der Waals surface area contributed by atoms with Crippen molar-refractivity contribution in [3.63, 3.8) is 0 Å². The summed E-state index contributed by atoms with van der Waals surface area (Å²) in [5.74, 6) is 2.91. The van der Waals surface area contributed by atoms with E-state index in [1.54, 1.807) is 0 Å². The first kappa shape index (κ1) is 14.6. The Hall–Kier alpha value is -0.820. The van der Waals surface area contributed by atoms with Crippen molar-refractivity contribution in [2.75, 3.05) is 7.05 Å². The van der Waals surface area contributed by atoms with E-state index in [0.717, 1.165) is 11.8 Å². The third kappa shape index (κ3) is 3.02. The normalized spacial score (nSPS) is 24.0. The largest absolute Gasteiger partial charge is 0.313 e. The van der Waals surface area contributed by atoms with Crippen LogP contribution in [0.25, 0.3) is 0 Å². The van der Waals surface area contributed by atoms with Gasteiger partial charge in [0.2, 0.25) is 0 Å². The van der Waals surface area contributed by atoms with Crippen LogP contribution in [0.2, 0.25) is 0 Å². The summed E-state index contributed by atoms with van der Waals surface area (Å²) in [6.07, 6.45) is 1.37. The zero-order chi connectivity index (χ0) is 14.2. The van der Waals surface area contributed by atoms with Crippen LogP contribution in [-0.4, -0.2) is 7.05 Å². The molecule has 0 aromatic heterocycles. The van der Waals surface area contributed by atoms with Crippen molar-refractivity contribution in [1.82, 2.24) is 5.32 Å². The fraction of sp³-hybridized carbons (Fsp3) is 0.667. The molecule has 0 bridgehead atoms. The molecule has 1 saturated carbocycles. The van der Waals surface area contributed by atoms with E-state index in [1.807, 2.05) is 0 Å². The molecule has 3 unspecified atom stereocenters. The van der Waals surface area contributed by atoms with Crippen molar-refractivity contribution in [2.24, 2.45) is 11.8 Å². The maximum atomic E-state index is 3.55. The van der Waals surface area contributed by atoms with E-state index in [2.05, 4.69) is 65.2 Å². The van der Waals surface area contributed by atoms with Crippen molar-refractivity contribution >= 4 is 0 Å². The number of hydrogen-bond acceptors (Lipinski definition) is 1. The highest BCUT2D eigenvalue weighted by molar-refractivity contribution is 5.38. The van der Waals surface area contributed by atoms with Crippen molar-refractivity contribution < 1.29 is 0 Å². The van der Waals surface area contributed by atoms with Crippen LogP contribution >= 0.6 is 0 Å². The summed E-state index contributed by atoms with van der Waals surface area (Å²) in [6.45, 7) is 11.5.